The van der Waals surface area contributed by atoms with Gasteiger partial charge in [-0.2, -0.15) is 23.5 Å². The predicted molar refractivity (Wildman–Crippen MR) is 117 cm³/mol. The molecule has 1 aliphatic rings. The molecule has 0 atom stereocenters. The van der Waals surface area contributed by atoms with Crippen LogP contribution in [0.15, 0.2) is 48.8 Å². The van der Waals surface area contributed by atoms with Crippen LogP contribution in [0.25, 0.3) is 11.3 Å². The van der Waals surface area contributed by atoms with Crippen LogP contribution in [0.4, 0.5) is 19.0 Å². The number of benzene rings is 1. The fraction of sp³-hybridized carbons (Fsp3) is 0.348. The molecule has 0 aliphatic carbocycles. The third-order valence-corrected chi connectivity index (χ3v) is 5.19. The molecule has 3 heterocycles. The van der Waals surface area contributed by atoms with Crippen LogP contribution in [0, 0.1) is 11.3 Å². The summed E-state index contributed by atoms with van der Waals surface area (Å²) in [5.74, 6) is 0.559. The quantitative estimate of drug-likeness (QED) is 0.634. The Kier molecular flexibility index (Phi) is 7.49. The Balaban J connectivity index is 0.00000141. The van der Waals surface area contributed by atoms with E-state index in [1.807, 2.05) is 30.9 Å². The molecule has 2 aromatic heterocycles. The Hall–Kier alpha value is -3.38. The normalized spacial score (nSPS) is 14.4. The molecule has 3 aromatic rings. The maximum absolute atomic E-state index is 12.7. The fourth-order valence-electron chi connectivity index (χ4n) is 3.51. The number of H-pyrrole nitrogens is 1. The SMILES string of the molecule is CC.N#Cc1ccc(-c2[nH]ncc2CN2CCN(c3ccc(C(F)(F)F)cn3)CC2)cc1. The van der Waals surface area contributed by atoms with E-state index in [-0.39, 0.29) is 0 Å². The number of hydrogen-bond acceptors (Lipinski definition) is 5. The van der Waals surface area contributed by atoms with Gasteiger partial charge in [-0.1, -0.05) is 26.0 Å². The molecule has 0 unspecified atom stereocenters. The highest BCUT2D eigenvalue weighted by molar-refractivity contribution is 5.63. The van der Waals surface area contributed by atoms with E-state index in [1.165, 1.54) is 6.07 Å². The van der Waals surface area contributed by atoms with E-state index in [9.17, 15) is 13.2 Å². The highest BCUT2D eigenvalue weighted by Crippen LogP contribution is 2.29. The highest BCUT2D eigenvalue weighted by Gasteiger charge is 2.31. The van der Waals surface area contributed by atoms with Gasteiger partial charge in [-0.05, 0) is 29.8 Å². The second-order valence-electron chi connectivity index (χ2n) is 7.13. The number of aromatic nitrogens is 3. The molecule has 32 heavy (non-hydrogen) atoms. The van der Waals surface area contributed by atoms with Crippen LogP contribution < -0.4 is 4.90 Å². The highest BCUT2D eigenvalue weighted by atomic mass is 19.4. The molecular formula is C23H25F3N6. The van der Waals surface area contributed by atoms with Gasteiger partial charge in [0.2, 0.25) is 0 Å². The van der Waals surface area contributed by atoms with E-state index in [0.717, 1.165) is 42.2 Å². The fourth-order valence-corrected chi connectivity index (χ4v) is 3.51. The molecule has 9 heteroatoms. The van der Waals surface area contributed by atoms with Gasteiger partial charge in [-0.15, -0.1) is 0 Å². The van der Waals surface area contributed by atoms with Gasteiger partial charge in [-0.25, -0.2) is 4.98 Å². The second-order valence-corrected chi connectivity index (χ2v) is 7.13. The van der Waals surface area contributed by atoms with E-state index < -0.39 is 11.7 Å². The number of anilines is 1. The summed E-state index contributed by atoms with van der Waals surface area (Å²) in [4.78, 5) is 8.26. The topological polar surface area (TPSA) is 71.8 Å². The molecule has 1 saturated heterocycles. The van der Waals surface area contributed by atoms with Gasteiger partial charge in [0.1, 0.15) is 5.82 Å². The summed E-state index contributed by atoms with van der Waals surface area (Å²) in [5, 5.41) is 16.1. The van der Waals surface area contributed by atoms with E-state index in [4.69, 9.17) is 5.26 Å². The van der Waals surface area contributed by atoms with Crippen molar-refractivity contribution in [1.29, 1.82) is 5.26 Å². The van der Waals surface area contributed by atoms with Gasteiger partial charge < -0.3 is 4.90 Å². The maximum Gasteiger partial charge on any atom is 0.417 e. The Morgan fingerprint density at radius 2 is 1.69 bits per heavy atom. The van der Waals surface area contributed by atoms with Crippen LogP contribution in [-0.2, 0) is 12.7 Å². The summed E-state index contributed by atoms with van der Waals surface area (Å²) in [7, 11) is 0. The molecule has 1 N–H and O–H groups in total. The third kappa shape index (κ3) is 5.45. The number of nitriles is 1. The molecule has 0 saturated carbocycles. The Morgan fingerprint density at radius 1 is 1.00 bits per heavy atom. The van der Waals surface area contributed by atoms with E-state index >= 15 is 0 Å². The predicted octanol–water partition coefficient (Wildman–Crippen LogP) is 4.71. The van der Waals surface area contributed by atoms with Gasteiger partial charge >= 0.3 is 6.18 Å². The Morgan fingerprint density at radius 3 is 2.25 bits per heavy atom. The molecule has 168 valence electrons. The molecule has 0 amide bonds. The van der Waals surface area contributed by atoms with E-state index in [0.29, 0.717) is 31.0 Å². The van der Waals surface area contributed by atoms with Crippen LogP contribution in [0.3, 0.4) is 0 Å². The molecule has 0 spiro atoms. The molecule has 6 nitrogen and oxygen atoms in total. The van der Waals surface area contributed by atoms with E-state index in [1.54, 1.807) is 18.3 Å². The van der Waals surface area contributed by atoms with E-state index in [2.05, 4.69) is 26.2 Å². The second kappa shape index (κ2) is 10.3. The lowest BCUT2D eigenvalue weighted by Gasteiger charge is -2.35. The number of nitrogens with one attached hydrogen (secondary N) is 1. The zero-order valence-corrected chi connectivity index (χ0v) is 18.0. The molecule has 1 aliphatic heterocycles. The number of alkyl halides is 3. The first-order valence-corrected chi connectivity index (χ1v) is 10.5. The van der Waals surface area contributed by atoms with Crippen LogP contribution in [0.5, 0.6) is 0 Å². The summed E-state index contributed by atoms with van der Waals surface area (Å²) in [6, 6.07) is 11.9. The molecule has 0 bridgehead atoms. The molecular weight excluding hydrogens is 417 g/mol. The summed E-state index contributed by atoms with van der Waals surface area (Å²) < 4.78 is 38.1. The number of halogens is 3. The monoisotopic (exact) mass is 442 g/mol. The summed E-state index contributed by atoms with van der Waals surface area (Å²) in [6.45, 7) is 7.60. The molecule has 4 rings (SSSR count). The van der Waals surface area contributed by atoms with Crippen LogP contribution >= 0.6 is 0 Å². The van der Waals surface area contributed by atoms with Crippen LogP contribution in [0.2, 0.25) is 0 Å². The summed E-state index contributed by atoms with van der Waals surface area (Å²) >= 11 is 0. The first-order chi connectivity index (χ1) is 15.4. The number of hydrogen-bond donors (Lipinski definition) is 1. The van der Waals surface area contributed by atoms with Crippen LogP contribution in [0.1, 0.15) is 30.5 Å². The average Bonchev–Trinajstić information content (AvgIpc) is 3.28. The van der Waals surface area contributed by atoms with Crippen molar-refractivity contribution >= 4 is 5.82 Å². The minimum Gasteiger partial charge on any atom is -0.354 e. The van der Waals surface area contributed by atoms with Crippen molar-refractivity contribution < 1.29 is 13.2 Å². The lowest BCUT2D eigenvalue weighted by Crippen LogP contribution is -2.46. The van der Waals surface area contributed by atoms with Crippen molar-refractivity contribution in [2.24, 2.45) is 0 Å². The van der Waals surface area contributed by atoms with Crippen molar-refractivity contribution in [1.82, 2.24) is 20.1 Å². The van der Waals surface area contributed by atoms with Crippen molar-refractivity contribution in [2.75, 3.05) is 31.1 Å². The maximum atomic E-state index is 12.7. The number of pyridine rings is 1. The first kappa shape index (κ1) is 23.3. The minimum absolute atomic E-state index is 0.559. The van der Waals surface area contributed by atoms with Crippen molar-refractivity contribution in [3.05, 3.63) is 65.5 Å². The average molecular weight is 442 g/mol. The van der Waals surface area contributed by atoms with Crippen LogP contribution in [-0.4, -0.2) is 46.3 Å². The van der Waals surface area contributed by atoms with Gasteiger partial charge in [0, 0.05) is 44.5 Å². The molecule has 0 radical (unpaired) electrons. The van der Waals surface area contributed by atoms with Crippen molar-refractivity contribution in [3.8, 4) is 17.3 Å². The zero-order chi connectivity index (χ0) is 23.1. The number of nitrogens with zero attached hydrogens (tertiary/aromatic N) is 5. The van der Waals surface area contributed by atoms with Gasteiger partial charge in [0.25, 0.3) is 0 Å². The number of piperazine rings is 1. The lowest BCUT2D eigenvalue weighted by molar-refractivity contribution is -0.137. The Bertz CT molecular complexity index is 1030. The van der Waals surface area contributed by atoms with Gasteiger partial charge in [0.15, 0.2) is 0 Å². The number of rotatable bonds is 4. The molecule has 1 aromatic carbocycles. The minimum atomic E-state index is -4.37. The largest absolute Gasteiger partial charge is 0.417 e. The van der Waals surface area contributed by atoms with Crippen molar-refractivity contribution in [3.63, 3.8) is 0 Å². The Labute approximate surface area is 185 Å². The molecule has 1 fully saturated rings. The zero-order valence-electron chi connectivity index (χ0n) is 18.0. The van der Waals surface area contributed by atoms with Crippen molar-refractivity contribution in [2.45, 2.75) is 26.6 Å². The summed E-state index contributed by atoms with van der Waals surface area (Å²) in [5.41, 5.74) is 2.81. The van der Waals surface area contributed by atoms with Gasteiger partial charge in [0.05, 0.1) is 29.1 Å². The summed E-state index contributed by atoms with van der Waals surface area (Å²) in [6.07, 6.45) is -1.68. The third-order valence-electron chi connectivity index (χ3n) is 5.19. The van der Waals surface area contributed by atoms with Gasteiger partial charge in [-0.3, -0.25) is 10.00 Å². The first-order valence-electron chi connectivity index (χ1n) is 10.5. The standard InChI is InChI=1S/C21H19F3N6.C2H6/c22-21(23,24)18-5-6-19(26-13-18)30-9-7-29(8-10-30)14-17-12-27-28-20(17)16-3-1-15(11-25)2-4-16;1-2/h1-6,12-13H,7-10,14H2,(H,27,28);1-2H3. The number of aromatic amines is 1. The lowest BCUT2D eigenvalue weighted by atomic mass is 10.1. The smallest absolute Gasteiger partial charge is 0.354 e.